The summed E-state index contributed by atoms with van der Waals surface area (Å²) in [5.74, 6) is 0. The molecule has 0 atom stereocenters. The molecule has 0 radical (unpaired) electrons. The molecule has 1 aliphatic rings. The fourth-order valence-electron chi connectivity index (χ4n) is 2.37. The molecule has 1 aromatic heterocycles. The molecule has 82 valence electrons. The Hall–Kier alpha value is -0.570. The SMILES string of the molecule is BrCCN(c1ccncc1)C1CCCC1. The molecule has 0 N–H and O–H groups in total. The molecule has 0 spiro atoms. The monoisotopic (exact) mass is 268 g/mol. The lowest BCUT2D eigenvalue weighted by molar-refractivity contribution is 0.622. The first kappa shape index (κ1) is 10.9. The molecule has 0 saturated heterocycles. The van der Waals surface area contributed by atoms with Gasteiger partial charge in [0.05, 0.1) is 0 Å². The van der Waals surface area contributed by atoms with Gasteiger partial charge in [-0.1, -0.05) is 28.8 Å². The van der Waals surface area contributed by atoms with Crippen LogP contribution in [0.25, 0.3) is 0 Å². The fourth-order valence-corrected chi connectivity index (χ4v) is 2.75. The number of anilines is 1. The molecule has 1 aliphatic carbocycles. The second-order valence-electron chi connectivity index (χ2n) is 4.03. The van der Waals surface area contributed by atoms with Gasteiger partial charge in [0.1, 0.15) is 0 Å². The van der Waals surface area contributed by atoms with E-state index in [1.54, 1.807) is 0 Å². The van der Waals surface area contributed by atoms with E-state index >= 15 is 0 Å². The molecule has 0 unspecified atom stereocenters. The first-order valence-corrected chi connectivity index (χ1v) is 6.76. The molecule has 1 aromatic rings. The van der Waals surface area contributed by atoms with Crippen LogP contribution in [-0.4, -0.2) is 22.9 Å². The number of rotatable bonds is 4. The Morgan fingerprint density at radius 2 is 1.93 bits per heavy atom. The zero-order chi connectivity index (χ0) is 10.5. The summed E-state index contributed by atoms with van der Waals surface area (Å²) in [7, 11) is 0. The Kier molecular flexibility index (Phi) is 4.01. The van der Waals surface area contributed by atoms with Gasteiger partial charge in [0.15, 0.2) is 0 Å². The van der Waals surface area contributed by atoms with Gasteiger partial charge in [-0.15, -0.1) is 0 Å². The predicted molar refractivity (Wildman–Crippen MR) is 67.6 cm³/mol. The number of alkyl halides is 1. The van der Waals surface area contributed by atoms with Crippen LogP contribution >= 0.6 is 15.9 Å². The molecule has 0 aromatic carbocycles. The van der Waals surface area contributed by atoms with Crippen molar-refractivity contribution in [3.05, 3.63) is 24.5 Å². The highest BCUT2D eigenvalue weighted by molar-refractivity contribution is 9.09. The van der Waals surface area contributed by atoms with Crippen molar-refractivity contribution in [2.24, 2.45) is 0 Å². The molecule has 3 heteroatoms. The van der Waals surface area contributed by atoms with Gasteiger partial charge in [-0.2, -0.15) is 0 Å². The Labute approximate surface area is 99.8 Å². The van der Waals surface area contributed by atoms with Crippen LogP contribution in [0.4, 0.5) is 5.69 Å². The summed E-state index contributed by atoms with van der Waals surface area (Å²) in [6.45, 7) is 1.09. The van der Waals surface area contributed by atoms with Gasteiger partial charge in [-0.25, -0.2) is 0 Å². The summed E-state index contributed by atoms with van der Waals surface area (Å²) in [6, 6.07) is 4.96. The fraction of sp³-hybridized carbons (Fsp3) is 0.583. The van der Waals surface area contributed by atoms with Crippen molar-refractivity contribution in [3.8, 4) is 0 Å². The molecular weight excluding hydrogens is 252 g/mol. The minimum absolute atomic E-state index is 0.741. The Bertz CT molecular complexity index is 283. The van der Waals surface area contributed by atoms with Crippen LogP contribution in [0, 0.1) is 0 Å². The van der Waals surface area contributed by atoms with E-state index in [1.165, 1.54) is 31.4 Å². The maximum atomic E-state index is 4.08. The predicted octanol–water partition coefficient (Wildman–Crippen LogP) is 3.23. The first-order chi connectivity index (χ1) is 7.42. The summed E-state index contributed by atoms with van der Waals surface area (Å²) in [6.07, 6.45) is 9.21. The van der Waals surface area contributed by atoms with Gasteiger partial charge in [-0.3, -0.25) is 4.98 Å². The number of hydrogen-bond donors (Lipinski definition) is 0. The summed E-state index contributed by atoms with van der Waals surface area (Å²) in [4.78, 5) is 6.59. The van der Waals surface area contributed by atoms with Crippen molar-refractivity contribution in [1.82, 2.24) is 4.98 Å². The van der Waals surface area contributed by atoms with Crippen molar-refractivity contribution >= 4 is 21.6 Å². The van der Waals surface area contributed by atoms with Crippen molar-refractivity contribution in [3.63, 3.8) is 0 Å². The third-order valence-electron chi connectivity index (χ3n) is 3.09. The zero-order valence-corrected chi connectivity index (χ0v) is 10.5. The third-order valence-corrected chi connectivity index (χ3v) is 3.44. The van der Waals surface area contributed by atoms with E-state index < -0.39 is 0 Å². The molecule has 15 heavy (non-hydrogen) atoms. The van der Waals surface area contributed by atoms with Crippen LogP contribution in [0.5, 0.6) is 0 Å². The lowest BCUT2D eigenvalue weighted by atomic mass is 10.2. The van der Waals surface area contributed by atoms with Crippen molar-refractivity contribution in [2.45, 2.75) is 31.7 Å². The van der Waals surface area contributed by atoms with Crippen LogP contribution in [0.3, 0.4) is 0 Å². The topological polar surface area (TPSA) is 16.1 Å². The number of aromatic nitrogens is 1. The van der Waals surface area contributed by atoms with E-state index in [4.69, 9.17) is 0 Å². The van der Waals surface area contributed by atoms with Gasteiger partial charge in [0.2, 0.25) is 0 Å². The van der Waals surface area contributed by atoms with E-state index in [1.807, 2.05) is 12.4 Å². The lowest BCUT2D eigenvalue weighted by Crippen LogP contribution is -2.34. The average Bonchev–Trinajstić information content (AvgIpc) is 2.80. The van der Waals surface area contributed by atoms with Crippen LogP contribution in [0.15, 0.2) is 24.5 Å². The molecule has 0 amide bonds. The molecule has 2 nitrogen and oxygen atoms in total. The smallest absolute Gasteiger partial charge is 0.0399 e. The van der Waals surface area contributed by atoms with Crippen molar-refractivity contribution in [1.29, 1.82) is 0 Å². The first-order valence-electron chi connectivity index (χ1n) is 5.64. The molecule has 1 fully saturated rings. The largest absolute Gasteiger partial charge is 0.368 e. The number of nitrogens with zero attached hydrogens (tertiary/aromatic N) is 2. The standard InChI is InChI=1S/C12H17BrN2/c13-7-10-15(11-3-1-2-4-11)12-5-8-14-9-6-12/h5-6,8-9,11H,1-4,7,10H2. The maximum absolute atomic E-state index is 4.08. The molecular formula is C12H17BrN2. The Balaban J connectivity index is 2.11. The Morgan fingerprint density at radius 3 is 2.53 bits per heavy atom. The second-order valence-corrected chi connectivity index (χ2v) is 4.82. The van der Waals surface area contributed by atoms with Gasteiger partial charge in [0, 0.05) is 36.0 Å². The third kappa shape index (κ3) is 2.71. The minimum atomic E-state index is 0.741. The van der Waals surface area contributed by atoms with Gasteiger partial charge >= 0.3 is 0 Å². The second kappa shape index (κ2) is 5.50. The van der Waals surface area contributed by atoms with E-state index in [0.29, 0.717) is 0 Å². The van der Waals surface area contributed by atoms with E-state index in [2.05, 4.69) is 37.9 Å². The minimum Gasteiger partial charge on any atom is -0.368 e. The molecule has 2 rings (SSSR count). The Morgan fingerprint density at radius 1 is 1.27 bits per heavy atom. The van der Waals surface area contributed by atoms with E-state index in [9.17, 15) is 0 Å². The highest BCUT2D eigenvalue weighted by atomic mass is 79.9. The maximum Gasteiger partial charge on any atom is 0.0399 e. The molecule has 1 heterocycles. The van der Waals surface area contributed by atoms with Crippen LogP contribution in [-0.2, 0) is 0 Å². The summed E-state index contributed by atoms with van der Waals surface area (Å²) >= 11 is 3.54. The zero-order valence-electron chi connectivity index (χ0n) is 8.90. The molecule has 0 bridgehead atoms. The van der Waals surface area contributed by atoms with Gasteiger partial charge in [-0.05, 0) is 25.0 Å². The van der Waals surface area contributed by atoms with Crippen LogP contribution in [0.2, 0.25) is 0 Å². The van der Waals surface area contributed by atoms with Crippen LogP contribution in [0.1, 0.15) is 25.7 Å². The summed E-state index contributed by atoms with van der Waals surface area (Å²) in [5.41, 5.74) is 1.32. The molecule has 0 aliphatic heterocycles. The normalized spacial score (nSPS) is 16.9. The summed E-state index contributed by atoms with van der Waals surface area (Å²) in [5, 5.41) is 1.03. The highest BCUT2D eigenvalue weighted by Gasteiger charge is 2.22. The number of hydrogen-bond acceptors (Lipinski definition) is 2. The van der Waals surface area contributed by atoms with Crippen molar-refractivity contribution < 1.29 is 0 Å². The quantitative estimate of drug-likeness (QED) is 0.780. The van der Waals surface area contributed by atoms with Gasteiger partial charge in [0.25, 0.3) is 0 Å². The average molecular weight is 269 g/mol. The van der Waals surface area contributed by atoms with Gasteiger partial charge < -0.3 is 4.90 Å². The van der Waals surface area contributed by atoms with Crippen LogP contribution < -0.4 is 4.90 Å². The lowest BCUT2D eigenvalue weighted by Gasteiger charge is -2.30. The highest BCUT2D eigenvalue weighted by Crippen LogP contribution is 2.27. The van der Waals surface area contributed by atoms with E-state index in [-0.39, 0.29) is 0 Å². The molecule has 1 saturated carbocycles. The summed E-state index contributed by atoms with van der Waals surface area (Å²) < 4.78 is 0. The van der Waals surface area contributed by atoms with E-state index in [0.717, 1.165) is 17.9 Å². The number of pyridine rings is 1. The number of halogens is 1. The van der Waals surface area contributed by atoms with Crippen molar-refractivity contribution in [2.75, 3.05) is 16.8 Å².